The van der Waals surface area contributed by atoms with Crippen LogP contribution in [0, 0.1) is 0 Å². The fourth-order valence-corrected chi connectivity index (χ4v) is 3.85. The average molecular weight is 396 g/mol. The van der Waals surface area contributed by atoms with Gasteiger partial charge >= 0.3 is 0 Å². The minimum atomic E-state index is 0.231. The Morgan fingerprint density at radius 3 is 2.72 bits per heavy atom. The molecule has 0 spiro atoms. The number of methoxy groups -OCH3 is 2. The van der Waals surface area contributed by atoms with Crippen molar-refractivity contribution in [2.75, 3.05) is 47.1 Å². The summed E-state index contributed by atoms with van der Waals surface area (Å²) in [6.45, 7) is 4.99. The highest BCUT2D eigenvalue weighted by Crippen LogP contribution is 2.32. The summed E-state index contributed by atoms with van der Waals surface area (Å²) < 4.78 is 16.5. The number of nitrogens with one attached hydrogen (secondary N) is 2. The lowest BCUT2D eigenvalue weighted by molar-refractivity contribution is 0.0160. The Morgan fingerprint density at radius 2 is 1.93 bits per heavy atom. The van der Waals surface area contributed by atoms with Crippen LogP contribution in [0.1, 0.15) is 17.2 Å². The minimum absolute atomic E-state index is 0.231. The first-order valence-corrected chi connectivity index (χ1v) is 9.95. The van der Waals surface area contributed by atoms with Gasteiger partial charge in [0, 0.05) is 37.6 Å². The molecule has 1 atom stereocenters. The molecule has 2 heterocycles. The second-order valence-electron chi connectivity index (χ2n) is 7.20. The number of aromatic amines is 1. The van der Waals surface area contributed by atoms with Crippen LogP contribution in [0.3, 0.4) is 0 Å². The molecule has 3 aromatic rings. The molecule has 29 heavy (non-hydrogen) atoms. The monoisotopic (exact) mass is 396 g/mol. The van der Waals surface area contributed by atoms with Crippen molar-refractivity contribution in [2.24, 2.45) is 0 Å². The molecule has 1 unspecified atom stereocenters. The third-order valence-corrected chi connectivity index (χ3v) is 5.45. The lowest BCUT2D eigenvalue weighted by Gasteiger charge is -2.35. The minimum Gasteiger partial charge on any atom is -0.493 e. The van der Waals surface area contributed by atoms with Crippen molar-refractivity contribution in [2.45, 2.75) is 12.6 Å². The van der Waals surface area contributed by atoms with Gasteiger partial charge in [0.05, 0.1) is 39.1 Å². The average Bonchev–Trinajstić information content (AvgIpc) is 3.25. The van der Waals surface area contributed by atoms with E-state index in [1.807, 2.05) is 12.3 Å². The number of fused-ring (bicyclic) bond motifs is 1. The van der Waals surface area contributed by atoms with Crippen molar-refractivity contribution < 1.29 is 14.2 Å². The normalized spacial score (nSPS) is 16.1. The molecule has 7 heteroatoms. The van der Waals surface area contributed by atoms with E-state index in [2.05, 4.69) is 50.7 Å². The van der Waals surface area contributed by atoms with Gasteiger partial charge in [0.2, 0.25) is 0 Å². The molecular weight excluding hydrogens is 368 g/mol. The SMILES string of the molecule is COc1ccc(C(CNCc2ccc3cn[nH]c3c2)N2CCOCC2)cc1OC. The van der Waals surface area contributed by atoms with Crippen LogP contribution in [0.15, 0.2) is 42.6 Å². The summed E-state index contributed by atoms with van der Waals surface area (Å²) in [5, 5.41) is 11.9. The van der Waals surface area contributed by atoms with Gasteiger partial charge in [-0.3, -0.25) is 10.00 Å². The molecule has 1 aromatic heterocycles. The van der Waals surface area contributed by atoms with E-state index in [1.54, 1.807) is 14.2 Å². The van der Waals surface area contributed by atoms with Crippen LogP contribution < -0.4 is 14.8 Å². The largest absolute Gasteiger partial charge is 0.493 e. The Morgan fingerprint density at radius 1 is 1.10 bits per heavy atom. The van der Waals surface area contributed by atoms with Gasteiger partial charge in [0.25, 0.3) is 0 Å². The molecule has 0 amide bonds. The highest BCUT2D eigenvalue weighted by atomic mass is 16.5. The maximum absolute atomic E-state index is 5.56. The Bertz CT molecular complexity index is 937. The van der Waals surface area contributed by atoms with Gasteiger partial charge in [0.1, 0.15) is 0 Å². The van der Waals surface area contributed by atoms with Gasteiger partial charge in [-0.2, -0.15) is 5.10 Å². The van der Waals surface area contributed by atoms with Crippen LogP contribution >= 0.6 is 0 Å². The summed E-state index contributed by atoms with van der Waals surface area (Å²) in [6, 6.07) is 12.8. The van der Waals surface area contributed by atoms with E-state index in [0.29, 0.717) is 0 Å². The second kappa shape index (κ2) is 9.26. The third-order valence-electron chi connectivity index (χ3n) is 5.45. The molecule has 2 N–H and O–H groups in total. The number of rotatable bonds is 8. The smallest absolute Gasteiger partial charge is 0.161 e. The van der Waals surface area contributed by atoms with Crippen LogP contribution in [0.25, 0.3) is 10.9 Å². The molecule has 0 saturated carbocycles. The van der Waals surface area contributed by atoms with Crippen LogP contribution in [-0.2, 0) is 11.3 Å². The van der Waals surface area contributed by atoms with E-state index in [9.17, 15) is 0 Å². The van der Waals surface area contributed by atoms with Crippen LogP contribution in [0.4, 0.5) is 0 Å². The zero-order valence-corrected chi connectivity index (χ0v) is 17.0. The van der Waals surface area contributed by atoms with Crippen LogP contribution in [0.5, 0.6) is 11.5 Å². The molecule has 1 fully saturated rings. The first kappa shape index (κ1) is 19.7. The summed E-state index contributed by atoms with van der Waals surface area (Å²) in [5.41, 5.74) is 3.50. The van der Waals surface area contributed by atoms with E-state index < -0.39 is 0 Å². The first-order valence-electron chi connectivity index (χ1n) is 9.95. The number of ether oxygens (including phenoxy) is 3. The van der Waals surface area contributed by atoms with Crippen molar-refractivity contribution in [1.29, 1.82) is 0 Å². The maximum Gasteiger partial charge on any atom is 0.161 e. The van der Waals surface area contributed by atoms with E-state index in [1.165, 1.54) is 11.1 Å². The molecule has 1 aliphatic rings. The molecule has 0 bridgehead atoms. The summed E-state index contributed by atoms with van der Waals surface area (Å²) in [4.78, 5) is 2.47. The van der Waals surface area contributed by atoms with Gasteiger partial charge in [0.15, 0.2) is 11.5 Å². The number of nitrogens with zero attached hydrogens (tertiary/aromatic N) is 2. The van der Waals surface area contributed by atoms with Crippen molar-refractivity contribution in [3.8, 4) is 11.5 Å². The lowest BCUT2D eigenvalue weighted by atomic mass is 10.0. The summed E-state index contributed by atoms with van der Waals surface area (Å²) in [5.74, 6) is 1.51. The Kier molecular flexibility index (Phi) is 6.29. The molecule has 0 aliphatic carbocycles. The molecule has 154 valence electrons. The van der Waals surface area contributed by atoms with E-state index >= 15 is 0 Å². The van der Waals surface area contributed by atoms with Crippen molar-refractivity contribution >= 4 is 10.9 Å². The number of H-pyrrole nitrogens is 1. The highest BCUT2D eigenvalue weighted by molar-refractivity contribution is 5.78. The molecule has 1 aliphatic heterocycles. The zero-order chi connectivity index (χ0) is 20.1. The van der Waals surface area contributed by atoms with Gasteiger partial charge in [-0.25, -0.2) is 0 Å². The Labute approximate surface area is 170 Å². The zero-order valence-electron chi connectivity index (χ0n) is 17.0. The third kappa shape index (κ3) is 4.53. The van der Waals surface area contributed by atoms with E-state index in [-0.39, 0.29) is 6.04 Å². The fourth-order valence-electron chi connectivity index (χ4n) is 3.85. The van der Waals surface area contributed by atoms with E-state index in [4.69, 9.17) is 14.2 Å². The number of hydrogen-bond acceptors (Lipinski definition) is 6. The molecule has 7 nitrogen and oxygen atoms in total. The summed E-state index contributed by atoms with van der Waals surface area (Å²) in [6.07, 6.45) is 1.85. The number of aromatic nitrogens is 2. The van der Waals surface area contributed by atoms with E-state index in [0.717, 1.165) is 61.8 Å². The predicted molar refractivity (Wildman–Crippen MR) is 112 cm³/mol. The molecule has 1 saturated heterocycles. The highest BCUT2D eigenvalue weighted by Gasteiger charge is 2.23. The van der Waals surface area contributed by atoms with Gasteiger partial charge in [-0.05, 0) is 29.3 Å². The predicted octanol–water partition coefficient (Wildman–Crippen LogP) is 2.74. The number of benzene rings is 2. The number of hydrogen-bond donors (Lipinski definition) is 2. The molecule has 2 aromatic carbocycles. The first-order chi connectivity index (χ1) is 14.3. The van der Waals surface area contributed by atoms with Gasteiger partial charge in [-0.1, -0.05) is 18.2 Å². The maximum atomic E-state index is 5.56. The van der Waals surface area contributed by atoms with Crippen molar-refractivity contribution in [3.05, 3.63) is 53.7 Å². The molecule has 0 radical (unpaired) electrons. The summed E-state index contributed by atoms with van der Waals surface area (Å²) >= 11 is 0. The topological polar surface area (TPSA) is 71.6 Å². The Balaban J connectivity index is 1.49. The molecular formula is C22H28N4O3. The van der Waals surface area contributed by atoms with Crippen molar-refractivity contribution in [3.63, 3.8) is 0 Å². The lowest BCUT2D eigenvalue weighted by Crippen LogP contribution is -2.42. The summed E-state index contributed by atoms with van der Waals surface area (Å²) in [7, 11) is 3.34. The van der Waals surface area contributed by atoms with Crippen molar-refractivity contribution in [1.82, 2.24) is 20.4 Å². The second-order valence-corrected chi connectivity index (χ2v) is 7.20. The molecule has 4 rings (SSSR count). The quantitative estimate of drug-likeness (QED) is 0.610. The number of morpholine rings is 1. The van der Waals surface area contributed by atoms with Gasteiger partial charge in [-0.15, -0.1) is 0 Å². The Hall–Kier alpha value is -2.61. The van der Waals surface area contributed by atoms with Crippen LogP contribution in [0.2, 0.25) is 0 Å². The fraction of sp³-hybridized carbons (Fsp3) is 0.409. The van der Waals surface area contributed by atoms with Gasteiger partial charge < -0.3 is 19.5 Å². The standard InChI is InChI=1S/C22H28N4O3/c1-27-21-6-5-17(12-22(21)28-2)20(26-7-9-29-10-8-26)15-23-13-16-3-4-18-14-24-25-19(18)11-16/h3-6,11-12,14,20,23H,7-10,13,15H2,1-2H3,(H,24,25). The van der Waals surface area contributed by atoms with Crippen LogP contribution in [-0.4, -0.2) is 62.2 Å².